The van der Waals surface area contributed by atoms with Gasteiger partial charge in [-0.15, -0.1) is 11.8 Å². The van der Waals surface area contributed by atoms with Crippen LogP contribution in [0.15, 0.2) is 29.2 Å². The summed E-state index contributed by atoms with van der Waals surface area (Å²) in [6.07, 6.45) is 0. The van der Waals surface area contributed by atoms with Crippen LogP contribution in [0, 0.1) is 0 Å². The molecule has 1 heterocycles. The number of rotatable bonds is 4. The highest BCUT2D eigenvalue weighted by molar-refractivity contribution is 8.00. The van der Waals surface area contributed by atoms with Gasteiger partial charge in [0.05, 0.1) is 5.75 Å². The number of thioether (sulfide) groups is 1. The summed E-state index contributed by atoms with van der Waals surface area (Å²) in [5.74, 6) is 0.572. The van der Waals surface area contributed by atoms with E-state index in [1.807, 2.05) is 29.2 Å². The van der Waals surface area contributed by atoms with E-state index in [-0.39, 0.29) is 11.8 Å². The lowest BCUT2D eigenvalue weighted by molar-refractivity contribution is -0.129. The third-order valence-electron chi connectivity index (χ3n) is 3.39. The third kappa shape index (κ3) is 5.06. The Bertz CT molecular complexity index is 496. The lowest BCUT2D eigenvalue weighted by atomic mass is 10.3. The molecule has 0 atom stereocenters. The van der Waals surface area contributed by atoms with Gasteiger partial charge in [-0.2, -0.15) is 0 Å². The Labute approximate surface area is 129 Å². The van der Waals surface area contributed by atoms with Crippen LogP contribution < -0.4 is 5.32 Å². The Balaban J connectivity index is 1.79. The molecule has 1 N–H and O–H groups in total. The number of piperazine rings is 1. The molecule has 114 valence electrons. The number of benzene rings is 1. The van der Waals surface area contributed by atoms with Crippen LogP contribution in [0.25, 0.3) is 0 Å². The quantitative estimate of drug-likeness (QED) is 0.857. The summed E-state index contributed by atoms with van der Waals surface area (Å²) in [5, 5.41) is 2.72. The molecule has 1 aliphatic rings. The summed E-state index contributed by atoms with van der Waals surface area (Å²) in [6.45, 7) is 5.01. The van der Waals surface area contributed by atoms with Crippen LogP contribution in [0.3, 0.4) is 0 Å². The van der Waals surface area contributed by atoms with Crippen molar-refractivity contribution in [2.24, 2.45) is 0 Å². The first-order valence-corrected chi connectivity index (χ1v) is 8.00. The molecule has 6 heteroatoms. The van der Waals surface area contributed by atoms with Crippen molar-refractivity contribution in [2.45, 2.75) is 11.8 Å². The van der Waals surface area contributed by atoms with Gasteiger partial charge >= 0.3 is 0 Å². The zero-order chi connectivity index (χ0) is 15.2. The Morgan fingerprint density at radius 2 is 1.76 bits per heavy atom. The van der Waals surface area contributed by atoms with Gasteiger partial charge in [-0.25, -0.2) is 0 Å². The smallest absolute Gasteiger partial charge is 0.233 e. The highest BCUT2D eigenvalue weighted by Crippen LogP contribution is 2.21. The average molecular weight is 307 g/mol. The molecule has 1 aliphatic heterocycles. The Kier molecular flexibility index (Phi) is 5.64. The topological polar surface area (TPSA) is 52.7 Å². The van der Waals surface area contributed by atoms with Crippen LogP contribution in [-0.2, 0) is 9.59 Å². The van der Waals surface area contributed by atoms with Gasteiger partial charge in [0.15, 0.2) is 0 Å². The SMILES string of the molecule is CC(=O)Nc1ccc(SCC(=O)N2CCN(C)CC2)cc1. The van der Waals surface area contributed by atoms with Gasteiger partial charge in [-0.1, -0.05) is 0 Å². The first-order chi connectivity index (χ1) is 10.0. The maximum Gasteiger partial charge on any atom is 0.233 e. The molecule has 1 aromatic carbocycles. The second-order valence-electron chi connectivity index (χ2n) is 5.18. The van der Waals surface area contributed by atoms with Gasteiger partial charge in [0, 0.05) is 43.7 Å². The van der Waals surface area contributed by atoms with Crippen molar-refractivity contribution < 1.29 is 9.59 Å². The van der Waals surface area contributed by atoms with E-state index < -0.39 is 0 Å². The predicted octanol–water partition coefficient (Wildman–Crippen LogP) is 1.51. The summed E-state index contributed by atoms with van der Waals surface area (Å²) in [5.41, 5.74) is 0.775. The van der Waals surface area contributed by atoms with Crippen molar-refractivity contribution in [1.29, 1.82) is 0 Å². The van der Waals surface area contributed by atoms with Crippen LogP contribution in [-0.4, -0.2) is 60.6 Å². The van der Waals surface area contributed by atoms with Crippen LogP contribution in [0.5, 0.6) is 0 Å². The minimum Gasteiger partial charge on any atom is -0.339 e. The monoisotopic (exact) mass is 307 g/mol. The van der Waals surface area contributed by atoms with Crippen molar-refractivity contribution in [3.63, 3.8) is 0 Å². The summed E-state index contributed by atoms with van der Waals surface area (Å²) >= 11 is 1.53. The molecule has 0 aliphatic carbocycles. The fourth-order valence-corrected chi connectivity index (χ4v) is 2.93. The lowest BCUT2D eigenvalue weighted by Gasteiger charge is -2.32. The van der Waals surface area contributed by atoms with Crippen molar-refractivity contribution in [3.8, 4) is 0 Å². The van der Waals surface area contributed by atoms with Crippen molar-refractivity contribution in [2.75, 3.05) is 44.3 Å². The van der Waals surface area contributed by atoms with Crippen LogP contribution in [0.2, 0.25) is 0 Å². The van der Waals surface area contributed by atoms with Crippen LogP contribution in [0.4, 0.5) is 5.69 Å². The number of carbonyl (C=O) groups excluding carboxylic acids is 2. The van der Waals surface area contributed by atoms with Crippen LogP contribution in [0.1, 0.15) is 6.92 Å². The fourth-order valence-electron chi connectivity index (χ4n) is 2.13. The van der Waals surface area contributed by atoms with E-state index in [0.717, 1.165) is 36.8 Å². The minimum atomic E-state index is -0.0827. The molecule has 1 aromatic rings. The third-order valence-corrected chi connectivity index (χ3v) is 4.39. The van der Waals surface area contributed by atoms with Crippen molar-refractivity contribution in [3.05, 3.63) is 24.3 Å². The highest BCUT2D eigenvalue weighted by atomic mass is 32.2. The first-order valence-electron chi connectivity index (χ1n) is 7.01. The highest BCUT2D eigenvalue weighted by Gasteiger charge is 2.18. The molecule has 2 amide bonds. The number of amides is 2. The zero-order valence-corrected chi connectivity index (χ0v) is 13.3. The molecule has 21 heavy (non-hydrogen) atoms. The molecule has 0 aromatic heterocycles. The molecule has 1 fully saturated rings. The Morgan fingerprint density at radius 3 is 2.33 bits per heavy atom. The molecule has 0 unspecified atom stereocenters. The van der Waals surface area contributed by atoms with E-state index in [1.165, 1.54) is 18.7 Å². The molecular weight excluding hydrogens is 286 g/mol. The number of hydrogen-bond donors (Lipinski definition) is 1. The number of anilines is 1. The second-order valence-corrected chi connectivity index (χ2v) is 6.23. The normalized spacial score (nSPS) is 15.8. The molecule has 2 rings (SSSR count). The number of carbonyl (C=O) groups is 2. The van der Waals surface area contributed by atoms with Crippen molar-refractivity contribution >= 4 is 29.3 Å². The lowest BCUT2D eigenvalue weighted by Crippen LogP contribution is -2.47. The van der Waals surface area contributed by atoms with E-state index in [1.54, 1.807) is 0 Å². The Morgan fingerprint density at radius 1 is 1.14 bits per heavy atom. The zero-order valence-electron chi connectivity index (χ0n) is 12.5. The van der Waals surface area contributed by atoms with Gasteiger partial charge in [-0.05, 0) is 31.3 Å². The number of nitrogens with one attached hydrogen (secondary N) is 1. The number of hydrogen-bond acceptors (Lipinski definition) is 4. The second kappa shape index (κ2) is 7.47. The number of likely N-dealkylation sites (N-methyl/N-ethyl adjacent to an activating group) is 1. The van der Waals surface area contributed by atoms with Gasteiger partial charge in [0.25, 0.3) is 0 Å². The van der Waals surface area contributed by atoms with Gasteiger partial charge in [0.2, 0.25) is 11.8 Å². The van der Waals surface area contributed by atoms with E-state index in [0.29, 0.717) is 5.75 Å². The molecule has 0 spiro atoms. The summed E-state index contributed by atoms with van der Waals surface area (Å²) in [6, 6.07) is 7.55. The first kappa shape index (κ1) is 15.9. The van der Waals surface area contributed by atoms with E-state index >= 15 is 0 Å². The molecule has 1 saturated heterocycles. The Hall–Kier alpha value is -1.53. The van der Waals surface area contributed by atoms with Gasteiger partial charge in [0.1, 0.15) is 0 Å². The minimum absolute atomic E-state index is 0.0827. The van der Waals surface area contributed by atoms with Crippen molar-refractivity contribution in [1.82, 2.24) is 9.80 Å². The van der Waals surface area contributed by atoms with Crippen LogP contribution >= 0.6 is 11.8 Å². The summed E-state index contributed by atoms with van der Waals surface area (Å²) in [7, 11) is 2.08. The average Bonchev–Trinajstić information content (AvgIpc) is 2.46. The fraction of sp³-hybridized carbons (Fsp3) is 0.467. The molecule has 0 saturated carbocycles. The molecule has 5 nitrogen and oxygen atoms in total. The van der Waals surface area contributed by atoms with E-state index in [9.17, 15) is 9.59 Å². The maximum atomic E-state index is 12.1. The maximum absolute atomic E-state index is 12.1. The van der Waals surface area contributed by atoms with Gasteiger partial charge in [-0.3, -0.25) is 9.59 Å². The standard InChI is InChI=1S/C15H21N3O2S/c1-12(19)16-13-3-5-14(6-4-13)21-11-15(20)18-9-7-17(2)8-10-18/h3-6H,7-11H2,1-2H3,(H,16,19). The predicted molar refractivity (Wildman–Crippen MR) is 85.5 cm³/mol. The van der Waals surface area contributed by atoms with Gasteiger partial charge < -0.3 is 15.1 Å². The van der Waals surface area contributed by atoms with E-state index in [2.05, 4.69) is 17.3 Å². The molecule has 0 radical (unpaired) electrons. The van der Waals surface area contributed by atoms with E-state index in [4.69, 9.17) is 0 Å². The summed E-state index contributed by atoms with van der Waals surface area (Å²) in [4.78, 5) is 28.3. The largest absolute Gasteiger partial charge is 0.339 e. The molecular formula is C15H21N3O2S. The molecule has 0 bridgehead atoms. The number of nitrogens with zero attached hydrogens (tertiary/aromatic N) is 2. The summed E-state index contributed by atoms with van der Waals surface area (Å²) < 4.78 is 0.